The third-order valence-corrected chi connectivity index (χ3v) is 3.67. The molecule has 0 spiro atoms. The van der Waals surface area contributed by atoms with E-state index in [0.29, 0.717) is 11.9 Å². The van der Waals surface area contributed by atoms with Gasteiger partial charge in [0.25, 0.3) is 0 Å². The maximum Gasteiger partial charge on any atom is 0.225 e. The molecule has 2 fully saturated rings. The lowest BCUT2D eigenvalue weighted by Crippen LogP contribution is -2.38. The van der Waals surface area contributed by atoms with Crippen LogP contribution < -0.4 is 0 Å². The zero-order chi connectivity index (χ0) is 11.0. The molecular formula is C12H22N2O. The summed E-state index contributed by atoms with van der Waals surface area (Å²) in [6.07, 6.45) is 3.86. The van der Waals surface area contributed by atoms with Crippen molar-refractivity contribution >= 4 is 5.91 Å². The molecule has 1 saturated carbocycles. The van der Waals surface area contributed by atoms with Gasteiger partial charge in [-0.2, -0.15) is 0 Å². The summed E-state index contributed by atoms with van der Waals surface area (Å²) in [7, 11) is 2.21. The lowest BCUT2D eigenvalue weighted by molar-refractivity contribution is -0.133. The van der Waals surface area contributed by atoms with Gasteiger partial charge in [0, 0.05) is 31.1 Å². The smallest absolute Gasteiger partial charge is 0.225 e. The fourth-order valence-electron chi connectivity index (χ4n) is 2.42. The van der Waals surface area contributed by atoms with Gasteiger partial charge in [0.1, 0.15) is 0 Å². The van der Waals surface area contributed by atoms with Crippen molar-refractivity contribution in [3.63, 3.8) is 0 Å². The second kappa shape index (κ2) is 4.12. The lowest BCUT2D eigenvalue weighted by atomic mass is 10.2. The van der Waals surface area contributed by atoms with Gasteiger partial charge in [-0.15, -0.1) is 0 Å². The van der Waals surface area contributed by atoms with Gasteiger partial charge in [-0.3, -0.25) is 9.69 Å². The number of likely N-dealkylation sites (tertiary alicyclic amines) is 1. The predicted molar refractivity (Wildman–Crippen MR) is 60.6 cm³/mol. The van der Waals surface area contributed by atoms with Crippen LogP contribution in [-0.4, -0.2) is 47.9 Å². The van der Waals surface area contributed by atoms with Crippen LogP contribution in [0.15, 0.2) is 0 Å². The molecule has 1 saturated heterocycles. The number of amides is 1. The standard InChI is InChI=1S/C12H22N2O/c1-9(2)12(15)14-7-6-11(8-14)13(3)10-4-5-10/h9-11H,4-8H2,1-3H3. The van der Waals surface area contributed by atoms with E-state index in [9.17, 15) is 4.79 Å². The van der Waals surface area contributed by atoms with Crippen molar-refractivity contribution < 1.29 is 4.79 Å². The highest BCUT2D eigenvalue weighted by Gasteiger charge is 2.36. The van der Waals surface area contributed by atoms with E-state index in [0.717, 1.165) is 25.6 Å². The minimum atomic E-state index is 0.148. The summed E-state index contributed by atoms with van der Waals surface area (Å²) < 4.78 is 0. The molecule has 0 aromatic heterocycles. The summed E-state index contributed by atoms with van der Waals surface area (Å²) in [5, 5.41) is 0. The van der Waals surface area contributed by atoms with Crippen LogP contribution in [0, 0.1) is 5.92 Å². The number of nitrogens with zero attached hydrogens (tertiary/aromatic N) is 2. The van der Waals surface area contributed by atoms with E-state index < -0.39 is 0 Å². The fourth-order valence-corrected chi connectivity index (χ4v) is 2.42. The molecule has 2 aliphatic rings. The van der Waals surface area contributed by atoms with Crippen LogP contribution in [-0.2, 0) is 4.79 Å². The molecule has 0 aromatic rings. The largest absolute Gasteiger partial charge is 0.341 e. The third kappa shape index (κ3) is 2.33. The van der Waals surface area contributed by atoms with Crippen LogP contribution >= 0.6 is 0 Å². The molecule has 1 unspecified atom stereocenters. The number of carbonyl (C=O) groups excluding carboxylic acids is 1. The van der Waals surface area contributed by atoms with Gasteiger partial charge >= 0.3 is 0 Å². The lowest BCUT2D eigenvalue weighted by Gasteiger charge is -2.24. The first-order valence-corrected chi connectivity index (χ1v) is 6.10. The first-order valence-electron chi connectivity index (χ1n) is 6.10. The average molecular weight is 210 g/mol. The summed E-state index contributed by atoms with van der Waals surface area (Å²) in [6.45, 7) is 5.88. The van der Waals surface area contributed by atoms with E-state index in [1.807, 2.05) is 18.7 Å². The van der Waals surface area contributed by atoms with Crippen molar-refractivity contribution in [2.45, 2.75) is 45.2 Å². The van der Waals surface area contributed by atoms with E-state index in [4.69, 9.17) is 0 Å². The van der Waals surface area contributed by atoms with Gasteiger partial charge in [-0.25, -0.2) is 0 Å². The van der Waals surface area contributed by atoms with Crippen LogP contribution in [0.3, 0.4) is 0 Å². The molecule has 0 radical (unpaired) electrons. The molecule has 15 heavy (non-hydrogen) atoms. The zero-order valence-corrected chi connectivity index (χ0v) is 10.1. The Morgan fingerprint density at radius 1 is 1.27 bits per heavy atom. The van der Waals surface area contributed by atoms with Crippen molar-refractivity contribution in [3.05, 3.63) is 0 Å². The molecule has 1 atom stereocenters. The molecule has 3 heteroatoms. The van der Waals surface area contributed by atoms with Crippen molar-refractivity contribution in [2.24, 2.45) is 5.92 Å². The van der Waals surface area contributed by atoms with Gasteiger partial charge in [0.2, 0.25) is 5.91 Å². The first-order chi connectivity index (χ1) is 7.09. The minimum Gasteiger partial charge on any atom is -0.341 e. The Morgan fingerprint density at radius 2 is 1.93 bits per heavy atom. The number of carbonyl (C=O) groups is 1. The molecule has 0 N–H and O–H groups in total. The number of rotatable bonds is 3. The van der Waals surface area contributed by atoms with Crippen LogP contribution in [0.25, 0.3) is 0 Å². The summed E-state index contributed by atoms with van der Waals surface area (Å²) in [4.78, 5) is 16.3. The Bertz CT molecular complexity index is 248. The molecular weight excluding hydrogens is 188 g/mol. The van der Waals surface area contributed by atoms with Crippen LogP contribution in [0.1, 0.15) is 33.1 Å². The van der Waals surface area contributed by atoms with Gasteiger partial charge in [0.15, 0.2) is 0 Å². The molecule has 1 heterocycles. The topological polar surface area (TPSA) is 23.6 Å². The Hall–Kier alpha value is -0.570. The van der Waals surface area contributed by atoms with E-state index in [-0.39, 0.29) is 5.92 Å². The predicted octanol–water partition coefficient (Wildman–Crippen LogP) is 1.34. The zero-order valence-electron chi connectivity index (χ0n) is 10.1. The summed E-state index contributed by atoms with van der Waals surface area (Å²) in [5.74, 6) is 0.469. The second-order valence-electron chi connectivity index (χ2n) is 5.28. The summed E-state index contributed by atoms with van der Waals surface area (Å²) >= 11 is 0. The van der Waals surface area contributed by atoms with Crippen molar-refractivity contribution in [1.82, 2.24) is 9.80 Å². The number of hydrogen-bond donors (Lipinski definition) is 0. The molecule has 1 aliphatic carbocycles. The van der Waals surface area contributed by atoms with Crippen molar-refractivity contribution in [2.75, 3.05) is 20.1 Å². The molecule has 1 amide bonds. The Kier molecular flexibility index (Phi) is 3.01. The van der Waals surface area contributed by atoms with E-state index in [2.05, 4.69) is 11.9 Å². The van der Waals surface area contributed by atoms with Gasteiger partial charge in [-0.05, 0) is 26.3 Å². The van der Waals surface area contributed by atoms with Crippen LogP contribution in [0.2, 0.25) is 0 Å². The van der Waals surface area contributed by atoms with E-state index >= 15 is 0 Å². The molecule has 0 aromatic carbocycles. The van der Waals surface area contributed by atoms with Crippen LogP contribution in [0.4, 0.5) is 0 Å². The maximum absolute atomic E-state index is 11.8. The highest BCUT2D eigenvalue weighted by Crippen LogP contribution is 2.30. The highest BCUT2D eigenvalue weighted by atomic mass is 16.2. The number of likely N-dealkylation sites (N-methyl/N-ethyl adjacent to an activating group) is 1. The third-order valence-electron chi connectivity index (χ3n) is 3.67. The first kappa shape index (κ1) is 10.9. The average Bonchev–Trinajstić information content (AvgIpc) is 2.93. The quantitative estimate of drug-likeness (QED) is 0.702. The van der Waals surface area contributed by atoms with Gasteiger partial charge < -0.3 is 4.90 Å². The molecule has 86 valence electrons. The fraction of sp³-hybridized carbons (Fsp3) is 0.917. The Labute approximate surface area is 92.4 Å². The minimum absolute atomic E-state index is 0.148. The van der Waals surface area contributed by atoms with E-state index in [1.54, 1.807) is 0 Å². The molecule has 2 rings (SSSR count). The van der Waals surface area contributed by atoms with Crippen LogP contribution in [0.5, 0.6) is 0 Å². The molecule has 3 nitrogen and oxygen atoms in total. The number of hydrogen-bond acceptors (Lipinski definition) is 2. The maximum atomic E-state index is 11.8. The molecule has 0 bridgehead atoms. The summed E-state index contributed by atoms with van der Waals surface area (Å²) in [6, 6.07) is 1.42. The second-order valence-corrected chi connectivity index (χ2v) is 5.28. The Balaban J connectivity index is 1.85. The monoisotopic (exact) mass is 210 g/mol. The van der Waals surface area contributed by atoms with E-state index in [1.165, 1.54) is 12.8 Å². The van der Waals surface area contributed by atoms with Crippen molar-refractivity contribution in [1.29, 1.82) is 0 Å². The van der Waals surface area contributed by atoms with Gasteiger partial charge in [0.05, 0.1) is 0 Å². The van der Waals surface area contributed by atoms with Crippen molar-refractivity contribution in [3.8, 4) is 0 Å². The Morgan fingerprint density at radius 3 is 2.47 bits per heavy atom. The normalized spacial score (nSPS) is 26.7. The highest BCUT2D eigenvalue weighted by molar-refractivity contribution is 5.78. The molecule has 1 aliphatic heterocycles. The SMILES string of the molecule is CC(C)C(=O)N1CCC(N(C)C2CC2)C1. The van der Waals surface area contributed by atoms with Gasteiger partial charge in [-0.1, -0.05) is 13.8 Å². The summed E-state index contributed by atoms with van der Waals surface area (Å²) in [5.41, 5.74) is 0.